The average Bonchev–Trinajstić information content (AvgIpc) is 2.47. The van der Waals surface area contributed by atoms with Crippen LogP contribution in [0.5, 0.6) is 0 Å². The van der Waals surface area contributed by atoms with Crippen LogP contribution in [-0.2, 0) is 0 Å². The topological polar surface area (TPSA) is 12.0 Å². The molecular weight excluding hydrogens is 274 g/mol. The van der Waals surface area contributed by atoms with Gasteiger partial charge in [-0.05, 0) is 57.2 Å². The van der Waals surface area contributed by atoms with E-state index in [1.54, 1.807) is 0 Å². The molecule has 0 spiro atoms. The lowest BCUT2D eigenvalue weighted by molar-refractivity contribution is 0.287. The molecule has 2 rings (SSSR count). The lowest BCUT2D eigenvalue weighted by atomic mass is 9.83. The maximum absolute atomic E-state index is 3.80. The van der Waals surface area contributed by atoms with E-state index < -0.39 is 0 Å². The lowest BCUT2D eigenvalue weighted by Gasteiger charge is -2.36. The quantitative estimate of drug-likeness (QED) is 0.721. The minimum absolute atomic E-state index is 0.698. The van der Waals surface area contributed by atoms with Crippen LogP contribution >= 0.6 is 11.8 Å². The van der Waals surface area contributed by atoms with Crippen LogP contribution in [-0.4, -0.2) is 17.8 Å². The van der Waals surface area contributed by atoms with E-state index in [2.05, 4.69) is 62.1 Å². The van der Waals surface area contributed by atoms with Crippen molar-refractivity contribution in [3.63, 3.8) is 0 Å². The maximum atomic E-state index is 3.80. The summed E-state index contributed by atoms with van der Waals surface area (Å²) in [5.74, 6) is 0.942. The normalized spacial score (nSPS) is 26.0. The second kappa shape index (κ2) is 8.85. The van der Waals surface area contributed by atoms with Crippen molar-refractivity contribution in [3.8, 4) is 0 Å². The minimum atomic E-state index is 0.698. The van der Waals surface area contributed by atoms with Gasteiger partial charge in [-0.15, -0.1) is 11.8 Å². The van der Waals surface area contributed by atoms with Gasteiger partial charge in [-0.25, -0.2) is 0 Å². The van der Waals surface area contributed by atoms with Crippen molar-refractivity contribution >= 4 is 11.8 Å². The van der Waals surface area contributed by atoms with Gasteiger partial charge in [-0.3, -0.25) is 0 Å². The molecule has 21 heavy (non-hydrogen) atoms. The molecule has 1 fully saturated rings. The highest BCUT2D eigenvalue weighted by molar-refractivity contribution is 8.00. The number of nitrogens with one attached hydrogen (secondary N) is 1. The van der Waals surface area contributed by atoms with Crippen LogP contribution in [0, 0.1) is 12.8 Å². The minimum Gasteiger partial charge on any atom is -0.313 e. The molecule has 0 saturated heterocycles. The molecule has 1 aromatic carbocycles. The summed E-state index contributed by atoms with van der Waals surface area (Å²) >= 11 is 2.10. The standard InChI is InChI=1S/C19H31NS/c1-4-7-16-10-11-18(20-12-5-2)19(14-16)21-17-9-6-8-15(3)13-17/h6,8-9,13,16,18-20H,4-5,7,10-12,14H2,1-3H3. The Balaban J connectivity index is 2.01. The zero-order valence-corrected chi connectivity index (χ0v) is 14.7. The SMILES string of the molecule is CCCNC1CCC(CCC)CC1Sc1cccc(C)c1. The second-order valence-electron chi connectivity index (χ2n) is 6.50. The molecule has 1 nitrogen and oxygen atoms in total. The first-order valence-corrected chi connectivity index (χ1v) is 9.57. The number of rotatable bonds is 7. The predicted octanol–water partition coefficient (Wildman–Crippen LogP) is 5.42. The van der Waals surface area contributed by atoms with E-state index in [0.29, 0.717) is 6.04 Å². The first-order chi connectivity index (χ1) is 10.2. The van der Waals surface area contributed by atoms with Crippen molar-refractivity contribution in [2.24, 2.45) is 5.92 Å². The van der Waals surface area contributed by atoms with Gasteiger partial charge < -0.3 is 5.32 Å². The van der Waals surface area contributed by atoms with Crippen LogP contribution < -0.4 is 5.32 Å². The highest BCUT2D eigenvalue weighted by Crippen LogP contribution is 2.38. The largest absolute Gasteiger partial charge is 0.313 e. The molecule has 3 atom stereocenters. The van der Waals surface area contributed by atoms with Gasteiger partial charge in [0.2, 0.25) is 0 Å². The van der Waals surface area contributed by atoms with Gasteiger partial charge in [0.05, 0.1) is 0 Å². The van der Waals surface area contributed by atoms with Crippen LogP contribution in [0.25, 0.3) is 0 Å². The first kappa shape index (κ1) is 16.9. The molecule has 0 bridgehead atoms. The van der Waals surface area contributed by atoms with Crippen molar-refractivity contribution < 1.29 is 0 Å². The highest BCUT2D eigenvalue weighted by atomic mass is 32.2. The third kappa shape index (κ3) is 5.34. The maximum Gasteiger partial charge on any atom is 0.0251 e. The summed E-state index contributed by atoms with van der Waals surface area (Å²) in [7, 11) is 0. The Kier molecular flexibility index (Phi) is 7.12. The Morgan fingerprint density at radius 3 is 2.76 bits per heavy atom. The Labute approximate surface area is 135 Å². The van der Waals surface area contributed by atoms with E-state index in [4.69, 9.17) is 0 Å². The predicted molar refractivity (Wildman–Crippen MR) is 95.2 cm³/mol. The number of hydrogen-bond acceptors (Lipinski definition) is 2. The molecule has 0 amide bonds. The summed E-state index contributed by atoms with van der Waals surface area (Å²) in [6, 6.07) is 9.70. The summed E-state index contributed by atoms with van der Waals surface area (Å²) in [4.78, 5) is 1.44. The molecule has 2 heteroatoms. The molecule has 0 aromatic heterocycles. The van der Waals surface area contributed by atoms with Crippen molar-refractivity contribution in [1.29, 1.82) is 0 Å². The van der Waals surface area contributed by atoms with Crippen LogP contribution in [0.15, 0.2) is 29.2 Å². The van der Waals surface area contributed by atoms with Gasteiger partial charge in [0.25, 0.3) is 0 Å². The summed E-state index contributed by atoms with van der Waals surface area (Å²) in [5, 5.41) is 4.54. The summed E-state index contributed by atoms with van der Waals surface area (Å²) in [5.41, 5.74) is 1.37. The Morgan fingerprint density at radius 1 is 1.19 bits per heavy atom. The summed E-state index contributed by atoms with van der Waals surface area (Å²) < 4.78 is 0. The molecule has 0 radical (unpaired) electrons. The van der Waals surface area contributed by atoms with E-state index in [1.165, 1.54) is 49.0 Å². The van der Waals surface area contributed by atoms with E-state index in [0.717, 1.165) is 17.7 Å². The molecular formula is C19H31NS. The van der Waals surface area contributed by atoms with Crippen LogP contribution in [0.2, 0.25) is 0 Å². The molecule has 0 heterocycles. The van der Waals surface area contributed by atoms with Gasteiger partial charge in [0, 0.05) is 16.2 Å². The molecule has 1 saturated carbocycles. The van der Waals surface area contributed by atoms with Gasteiger partial charge in [0.1, 0.15) is 0 Å². The lowest BCUT2D eigenvalue weighted by Crippen LogP contribution is -2.42. The molecule has 1 aliphatic carbocycles. The number of benzene rings is 1. The van der Waals surface area contributed by atoms with Crippen molar-refractivity contribution in [2.75, 3.05) is 6.54 Å². The Hall–Kier alpha value is -0.470. The van der Waals surface area contributed by atoms with E-state index in [1.807, 2.05) is 0 Å². The Morgan fingerprint density at radius 2 is 2.05 bits per heavy atom. The van der Waals surface area contributed by atoms with E-state index in [-0.39, 0.29) is 0 Å². The van der Waals surface area contributed by atoms with Crippen molar-refractivity contribution in [2.45, 2.75) is 75.5 Å². The fourth-order valence-corrected chi connectivity index (χ4v) is 4.96. The van der Waals surface area contributed by atoms with E-state index in [9.17, 15) is 0 Å². The second-order valence-corrected chi connectivity index (χ2v) is 7.81. The highest BCUT2D eigenvalue weighted by Gasteiger charge is 2.30. The van der Waals surface area contributed by atoms with Gasteiger partial charge in [0.15, 0.2) is 0 Å². The third-order valence-electron chi connectivity index (χ3n) is 4.53. The fourth-order valence-electron chi connectivity index (χ4n) is 3.44. The number of thioether (sulfide) groups is 1. The fraction of sp³-hybridized carbons (Fsp3) is 0.684. The molecule has 0 aliphatic heterocycles. The summed E-state index contributed by atoms with van der Waals surface area (Å²) in [6.07, 6.45) is 8.13. The van der Waals surface area contributed by atoms with Gasteiger partial charge >= 0.3 is 0 Å². The number of aryl methyl sites for hydroxylation is 1. The van der Waals surface area contributed by atoms with Crippen LogP contribution in [0.4, 0.5) is 0 Å². The van der Waals surface area contributed by atoms with Crippen LogP contribution in [0.1, 0.15) is 57.9 Å². The molecule has 1 aromatic rings. The molecule has 1 aliphatic rings. The zero-order chi connectivity index (χ0) is 15.1. The molecule has 1 N–H and O–H groups in total. The summed E-state index contributed by atoms with van der Waals surface area (Å²) in [6.45, 7) is 7.94. The molecule has 3 unspecified atom stereocenters. The van der Waals surface area contributed by atoms with Crippen molar-refractivity contribution in [1.82, 2.24) is 5.32 Å². The van der Waals surface area contributed by atoms with Gasteiger partial charge in [-0.2, -0.15) is 0 Å². The third-order valence-corrected chi connectivity index (χ3v) is 5.88. The number of hydrogen-bond donors (Lipinski definition) is 1. The monoisotopic (exact) mass is 305 g/mol. The first-order valence-electron chi connectivity index (χ1n) is 8.69. The van der Waals surface area contributed by atoms with Gasteiger partial charge in [-0.1, -0.05) is 44.4 Å². The van der Waals surface area contributed by atoms with E-state index >= 15 is 0 Å². The average molecular weight is 306 g/mol. The van der Waals surface area contributed by atoms with Crippen molar-refractivity contribution in [3.05, 3.63) is 29.8 Å². The zero-order valence-electron chi connectivity index (χ0n) is 13.9. The smallest absolute Gasteiger partial charge is 0.0251 e. The molecule has 118 valence electrons. The van der Waals surface area contributed by atoms with Crippen LogP contribution in [0.3, 0.4) is 0 Å². The Bertz CT molecular complexity index is 418.